The average Bonchev–Trinajstić information content (AvgIpc) is 3.03. The molecule has 1 aliphatic heterocycles. The van der Waals surface area contributed by atoms with Crippen molar-refractivity contribution in [2.75, 3.05) is 31.5 Å². The summed E-state index contributed by atoms with van der Waals surface area (Å²) in [5.74, 6) is 0. The van der Waals surface area contributed by atoms with Gasteiger partial charge in [-0.05, 0) is 29.1 Å². The molecule has 0 unspecified atom stereocenters. The lowest BCUT2D eigenvalue weighted by atomic mass is 10.2. The van der Waals surface area contributed by atoms with Gasteiger partial charge in [-0.3, -0.25) is 0 Å². The molecule has 0 radical (unpaired) electrons. The van der Waals surface area contributed by atoms with Crippen molar-refractivity contribution in [1.29, 1.82) is 0 Å². The Labute approximate surface area is 154 Å². The van der Waals surface area contributed by atoms with Crippen LogP contribution in [0, 0.1) is 0 Å². The number of rotatable bonds is 3. The van der Waals surface area contributed by atoms with Crippen molar-refractivity contribution in [3.05, 3.63) is 40.7 Å². The van der Waals surface area contributed by atoms with Gasteiger partial charge in [-0.1, -0.05) is 27.6 Å². The molecule has 0 saturated carbocycles. The number of benzene rings is 1. The summed E-state index contributed by atoms with van der Waals surface area (Å²) in [6, 6.07) is 8.75. The third-order valence-corrected chi connectivity index (χ3v) is 6.04. The summed E-state index contributed by atoms with van der Waals surface area (Å²) in [4.78, 5) is 14.8. The zero-order valence-electron chi connectivity index (χ0n) is 13.0. The Bertz CT molecular complexity index is 862. The molecule has 10 heteroatoms. The van der Waals surface area contributed by atoms with E-state index in [1.807, 2.05) is 17.5 Å². The molecule has 1 fully saturated rings. The van der Waals surface area contributed by atoms with Crippen LogP contribution in [-0.4, -0.2) is 49.8 Å². The minimum atomic E-state index is -4.71. The van der Waals surface area contributed by atoms with Crippen LogP contribution in [0.5, 0.6) is 0 Å². The Balaban J connectivity index is 1.67. The topological polar surface area (TPSA) is 69.7 Å². The first-order valence-electron chi connectivity index (χ1n) is 7.44. The van der Waals surface area contributed by atoms with E-state index < -0.39 is 10.4 Å². The highest BCUT2D eigenvalue weighted by molar-refractivity contribution is 7.83. The monoisotopic (exact) mass is 403 g/mol. The number of halogens is 2. The van der Waals surface area contributed by atoms with Gasteiger partial charge in [0.2, 0.25) is 0 Å². The van der Waals surface area contributed by atoms with E-state index in [1.165, 1.54) is 16.2 Å². The summed E-state index contributed by atoms with van der Waals surface area (Å²) in [5.41, 5.74) is 1.60. The number of piperazine rings is 1. The minimum absolute atomic E-state index is 0.0556. The number of thiophene rings is 1. The highest BCUT2D eigenvalue weighted by atomic mass is 35.5. The molecule has 6 nitrogen and oxygen atoms in total. The van der Waals surface area contributed by atoms with Gasteiger partial charge in [0, 0.05) is 31.2 Å². The van der Waals surface area contributed by atoms with E-state index in [0.29, 0.717) is 10.7 Å². The lowest BCUT2D eigenvalue weighted by Crippen LogP contribution is -2.50. The number of anilines is 1. The van der Waals surface area contributed by atoms with E-state index >= 15 is 0 Å². The van der Waals surface area contributed by atoms with Crippen LogP contribution in [0.25, 0.3) is 10.4 Å². The van der Waals surface area contributed by atoms with Gasteiger partial charge < -0.3 is 10.2 Å². The highest BCUT2D eigenvalue weighted by Crippen LogP contribution is 2.34. The Morgan fingerprint density at radius 1 is 1.12 bits per heavy atom. The van der Waals surface area contributed by atoms with Gasteiger partial charge >= 0.3 is 16.4 Å². The first-order valence-corrected chi connectivity index (χ1v) is 10.0. The first kappa shape index (κ1) is 18.1. The lowest BCUT2D eigenvalue weighted by molar-refractivity contribution is 0.182. The summed E-state index contributed by atoms with van der Waals surface area (Å²) >= 11 is 7.38. The summed E-state index contributed by atoms with van der Waals surface area (Å²) in [7, 11) is -4.71. The molecule has 0 spiro atoms. The maximum atomic E-state index is 12.9. The van der Waals surface area contributed by atoms with Crippen LogP contribution in [0.15, 0.2) is 35.7 Å². The summed E-state index contributed by atoms with van der Waals surface area (Å²) < 4.78 is 35.4. The summed E-state index contributed by atoms with van der Waals surface area (Å²) in [6.07, 6.45) is 0. The number of carbonyl (C=O) groups excluding carboxylic acids is 1. The fourth-order valence-corrected chi connectivity index (χ4v) is 4.12. The van der Waals surface area contributed by atoms with Crippen molar-refractivity contribution in [2.45, 2.75) is 0 Å². The second kappa shape index (κ2) is 7.28. The number of hydrogen-bond acceptors (Lipinski definition) is 4. The minimum Gasteiger partial charge on any atom is -0.322 e. The smallest absolute Gasteiger partial charge is 0.322 e. The van der Waals surface area contributed by atoms with Crippen LogP contribution in [0.4, 0.5) is 14.4 Å². The molecule has 0 bridgehead atoms. The average molecular weight is 404 g/mol. The number of hydrogen-bond donors (Lipinski definition) is 1. The SMILES string of the molecule is O=C(Nc1ccsc1-c1ccc(Cl)cc1)N1CCN(S(=O)(=O)F)CC1. The van der Waals surface area contributed by atoms with Crippen LogP contribution in [-0.2, 0) is 10.4 Å². The van der Waals surface area contributed by atoms with Crippen LogP contribution < -0.4 is 5.32 Å². The predicted octanol–water partition coefficient (Wildman–Crippen LogP) is 3.43. The van der Waals surface area contributed by atoms with E-state index in [4.69, 9.17) is 11.6 Å². The van der Waals surface area contributed by atoms with Crippen LogP contribution in [0.2, 0.25) is 5.02 Å². The molecule has 2 aromatic rings. The lowest BCUT2D eigenvalue weighted by Gasteiger charge is -2.31. The zero-order chi connectivity index (χ0) is 18.0. The second-order valence-electron chi connectivity index (χ2n) is 5.43. The van der Waals surface area contributed by atoms with Crippen molar-refractivity contribution in [3.8, 4) is 10.4 Å². The molecular weight excluding hydrogens is 389 g/mol. The van der Waals surface area contributed by atoms with Gasteiger partial charge in [0.25, 0.3) is 0 Å². The number of nitrogens with zero attached hydrogens (tertiary/aromatic N) is 2. The molecule has 25 heavy (non-hydrogen) atoms. The molecule has 2 heterocycles. The molecule has 3 rings (SSSR count). The van der Waals surface area contributed by atoms with Gasteiger partial charge in [0.1, 0.15) is 0 Å². The van der Waals surface area contributed by atoms with Crippen molar-refractivity contribution in [2.24, 2.45) is 0 Å². The van der Waals surface area contributed by atoms with Gasteiger partial charge in [-0.2, -0.15) is 12.7 Å². The number of carbonyl (C=O) groups is 1. The fraction of sp³-hybridized carbons (Fsp3) is 0.267. The standard InChI is InChI=1S/C15H15ClFN3O3S2/c16-12-3-1-11(2-4-12)14-13(5-10-24-14)18-15(21)19-6-8-20(9-7-19)25(17,22)23/h1-5,10H,6-9H2,(H,18,21). The van der Waals surface area contributed by atoms with Gasteiger partial charge in [0.15, 0.2) is 0 Å². The van der Waals surface area contributed by atoms with Gasteiger partial charge in [-0.25, -0.2) is 4.79 Å². The summed E-state index contributed by atoms with van der Waals surface area (Å²) in [6.45, 7) is 0.157. The van der Waals surface area contributed by atoms with E-state index in [1.54, 1.807) is 18.2 Å². The first-order chi connectivity index (χ1) is 11.8. The Hall–Kier alpha value is -1.68. The third kappa shape index (κ3) is 4.30. The van der Waals surface area contributed by atoms with Crippen LogP contribution in [0.3, 0.4) is 0 Å². The van der Waals surface area contributed by atoms with Gasteiger partial charge in [0.05, 0.1) is 10.6 Å². The number of amides is 2. The zero-order valence-corrected chi connectivity index (χ0v) is 15.4. The molecule has 0 aliphatic carbocycles. The van der Waals surface area contributed by atoms with E-state index in [-0.39, 0.29) is 32.2 Å². The third-order valence-electron chi connectivity index (χ3n) is 3.85. The summed E-state index contributed by atoms with van der Waals surface area (Å²) in [5, 5.41) is 5.33. The Morgan fingerprint density at radius 3 is 2.36 bits per heavy atom. The van der Waals surface area contributed by atoms with Crippen molar-refractivity contribution >= 4 is 45.1 Å². The maximum absolute atomic E-state index is 12.9. The number of nitrogens with one attached hydrogen (secondary N) is 1. The molecular formula is C15H15ClFN3O3S2. The molecule has 1 saturated heterocycles. The molecule has 1 aliphatic rings. The van der Waals surface area contributed by atoms with Crippen LogP contribution >= 0.6 is 22.9 Å². The molecule has 0 atom stereocenters. The largest absolute Gasteiger partial charge is 0.374 e. The molecule has 1 aromatic heterocycles. The molecule has 2 amide bonds. The quantitative estimate of drug-likeness (QED) is 0.798. The normalized spacial score (nSPS) is 16.0. The van der Waals surface area contributed by atoms with Crippen LogP contribution in [0.1, 0.15) is 0 Å². The van der Waals surface area contributed by atoms with Gasteiger partial charge in [-0.15, -0.1) is 11.3 Å². The van der Waals surface area contributed by atoms with Crippen molar-refractivity contribution in [3.63, 3.8) is 0 Å². The van der Waals surface area contributed by atoms with Crippen molar-refractivity contribution in [1.82, 2.24) is 9.21 Å². The number of urea groups is 1. The molecule has 1 aromatic carbocycles. The highest BCUT2D eigenvalue weighted by Gasteiger charge is 2.28. The maximum Gasteiger partial charge on any atom is 0.374 e. The second-order valence-corrected chi connectivity index (χ2v) is 8.12. The van der Waals surface area contributed by atoms with E-state index in [9.17, 15) is 17.1 Å². The van der Waals surface area contributed by atoms with Crippen molar-refractivity contribution < 1.29 is 17.1 Å². The Kier molecular flexibility index (Phi) is 5.28. The Morgan fingerprint density at radius 2 is 1.76 bits per heavy atom. The molecule has 1 N–H and O–H groups in total. The predicted molar refractivity (Wildman–Crippen MR) is 97.0 cm³/mol. The van der Waals surface area contributed by atoms with E-state index in [2.05, 4.69) is 5.32 Å². The van der Waals surface area contributed by atoms with E-state index in [0.717, 1.165) is 14.7 Å². The molecule has 134 valence electrons. The fourth-order valence-electron chi connectivity index (χ4n) is 2.54.